The molecule has 2 aliphatic heterocycles. The average molecular weight is 378 g/mol. The highest BCUT2D eigenvalue weighted by atomic mass is 16.4. The predicted molar refractivity (Wildman–Crippen MR) is 104 cm³/mol. The molecule has 2 heterocycles. The minimum Gasteiger partial charge on any atom is -0.479 e. The molecule has 0 aromatic heterocycles. The number of carbonyl (C=O) groups excluding carboxylic acids is 2. The van der Waals surface area contributed by atoms with Crippen molar-refractivity contribution < 1.29 is 19.5 Å². The molecule has 0 bridgehead atoms. The maximum Gasteiger partial charge on any atom is 0.331 e. The van der Waals surface area contributed by atoms with Crippen molar-refractivity contribution in [2.24, 2.45) is 5.92 Å². The number of hydrogen-bond donors (Lipinski definition) is 2. The lowest BCUT2D eigenvalue weighted by molar-refractivity contribution is -0.151. The lowest BCUT2D eigenvalue weighted by Gasteiger charge is -2.35. The Morgan fingerprint density at radius 3 is 2.57 bits per heavy atom. The van der Waals surface area contributed by atoms with E-state index in [-0.39, 0.29) is 24.2 Å². The van der Waals surface area contributed by atoms with Crippen molar-refractivity contribution in [3.8, 4) is 0 Å². The Labute approximate surface area is 163 Å². The van der Waals surface area contributed by atoms with E-state index in [1.165, 1.54) is 4.90 Å². The van der Waals surface area contributed by atoms with Crippen LogP contribution in [0.5, 0.6) is 0 Å². The molecule has 2 aromatic rings. The van der Waals surface area contributed by atoms with Crippen LogP contribution < -0.4 is 5.32 Å². The number of rotatable bonds is 4. The maximum atomic E-state index is 12.8. The Hall–Kier alpha value is -3.15. The van der Waals surface area contributed by atoms with Crippen LogP contribution in [0.3, 0.4) is 0 Å². The summed E-state index contributed by atoms with van der Waals surface area (Å²) in [4.78, 5) is 38.5. The van der Waals surface area contributed by atoms with E-state index in [1.54, 1.807) is 12.1 Å². The third-order valence-corrected chi connectivity index (χ3v) is 5.66. The zero-order valence-corrected chi connectivity index (χ0v) is 15.4. The first kappa shape index (κ1) is 18.2. The quantitative estimate of drug-likeness (QED) is 0.857. The molecular formula is C22H22N2O4. The highest BCUT2D eigenvalue weighted by Crippen LogP contribution is 2.32. The first-order chi connectivity index (χ1) is 13.5. The number of amides is 2. The van der Waals surface area contributed by atoms with Gasteiger partial charge in [-0.2, -0.15) is 0 Å². The molecule has 2 amide bonds. The summed E-state index contributed by atoms with van der Waals surface area (Å²) < 4.78 is 0. The SMILES string of the molecule is O=C1Nc2ccccc2CC1CCC(=O)N1CCc2ccccc2C1C(=O)O. The molecule has 0 saturated carbocycles. The molecule has 2 aromatic carbocycles. The number of aliphatic carboxylic acids is 1. The molecule has 2 unspecified atom stereocenters. The fraction of sp³-hybridized carbons (Fsp3) is 0.318. The van der Waals surface area contributed by atoms with Gasteiger partial charge in [-0.3, -0.25) is 9.59 Å². The van der Waals surface area contributed by atoms with Gasteiger partial charge in [-0.05, 0) is 42.0 Å². The zero-order chi connectivity index (χ0) is 19.7. The van der Waals surface area contributed by atoms with Crippen LogP contribution in [0.15, 0.2) is 48.5 Å². The molecular weight excluding hydrogens is 356 g/mol. The second kappa shape index (κ2) is 7.46. The number of para-hydroxylation sites is 1. The fourth-order valence-electron chi connectivity index (χ4n) is 4.19. The molecule has 0 saturated heterocycles. The van der Waals surface area contributed by atoms with E-state index in [0.717, 1.165) is 16.8 Å². The minimum atomic E-state index is -1.02. The first-order valence-corrected chi connectivity index (χ1v) is 9.53. The van der Waals surface area contributed by atoms with E-state index >= 15 is 0 Å². The number of carbonyl (C=O) groups is 3. The molecule has 2 atom stereocenters. The Kier molecular flexibility index (Phi) is 4.86. The van der Waals surface area contributed by atoms with Crippen LogP contribution in [-0.2, 0) is 27.2 Å². The molecule has 144 valence electrons. The molecule has 2 N–H and O–H groups in total. The average Bonchev–Trinajstić information content (AvgIpc) is 2.70. The molecule has 4 rings (SSSR count). The Morgan fingerprint density at radius 2 is 1.79 bits per heavy atom. The van der Waals surface area contributed by atoms with Gasteiger partial charge >= 0.3 is 5.97 Å². The molecule has 6 heteroatoms. The van der Waals surface area contributed by atoms with Gasteiger partial charge in [0, 0.05) is 24.6 Å². The monoisotopic (exact) mass is 378 g/mol. The van der Waals surface area contributed by atoms with Crippen molar-refractivity contribution in [1.29, 1.82) is 0 Å². The summed E-state index contributed by atoms with van der Waals surface area (Å²) in [5.41, 5.74) is 3.55. The number of hydrogen-bond acceptors (Lipinski definition) is 3. The van der Waals surface area contributed by atoms with Gasteiger partial charge in [-0.15, -0.1) is 0 Å². The Morgan fingerprint density at radius 1 is 1.07 bits per heavy atom. The Balaban J connectivity index is 1.45. The van der Waals surface area contributed by atoms with E-state index in [4.69, 9.17) is 0 Å². The number of carboxylic acid groups (broad SMARTS) is 1. The molecule has 0 fully saturated rings. The van der Waals surface area contributed by atoms with Crippen LogP contribution in [-0.4, -0.2) is 34.3 Å². The van der Waals surface area contributed by atoms with Gasteiger partial charge < -0.3 is 15.3 Å². The molecule has 0 spiro atoms. The van der Waals surface area contributed by atoms with Gasteiger partial charge in [0.15, 0.2) is 6.04 Å². The summed E-state index contributed by atoms with van der Waals surface area (Å²) in [5, 5.41) is 12.6. The normalized spacial score (nSPS) is 20.7. The third kappa shape index (κ3) is 3.38. The molecule has 6 nitrogen and oxygen atoms in total. The minimum absolute atomic E-state index is 0.0784. The smallest absolute Gasteiger partial charge is 0.331 e. The van der Waals surface area contributed by atoms with E-state index in [9.17, 15) is 19.5 Å². The second-order valence-electron chi connectivity index (χ2n) is 7.36. The van der Waals surface area contributed by atoms with Crippen molar-refractivity contribution in [3.63, 3.8) is 0 Å². The van der Waals surface area contributed by atoms with Crippen LogP contribution in [0.4, 0.5) is 5.69 Å². The summed E-state index contributed by atoms with van der Waals surface area (Å²) in [7, 11) is 0. The highest BCUT2D eigenvalue weighted by Gasteiger charge is 2.36. The largest absolute Gasteiger partial charge is 0.479 e. The number of anilines is 1. The lowest BCUT2D eigenvalue weighted by Crippen LogP contribution is -2.43. The number of benzene rings is 2. The maximum absolute atomic E-state index is 12.8. The summed E-state index contributed by atoms with van der Waals surface area (Å²) in [6.45, 7) is 0.381. The van der Waals surface area contributed by atoms with E-state index in [0.29, 0.717) is 31.4 Å². The molecule has 0 aliphatic carbocycles. The lowest BCUT2D eigenvalue weighted by atomic mass is 9.88. The van der Waals surface area contributed by atoms with E-state index < -0.39 is 12.0 Å². The fourth-order valence-corrected chi connectivity index (χ4v) is 4.19. The highest BCUT2D eigenvalue weighted by molar-refractivity contribution is 5.96. The number of carboxylic acids is 1. The number of fused-ring (bicyclic) bond motifs is 2. The van der Waals surface area contributed by atoms with Gasteiger partial charge in [0.05, 0.1) is 0 Å². The zero-order valence-electron chi connectivity index (χ0n) is 15.4. The summed E-state index contributed by atoms with van der Waals surface area (Å²) >= 11 is 0. The topological polar surface area (TPSA) is 86.7 Å². The van der Waals surface area contributed by atoms with E-state index in [1.807, 2.05) is 36.4 Å². The standard InChI is InChI=1S/C22H22N2O4/c25-19(10-9-16-13-15-6-2-4-8-18(15)23-21(16)26)24-12-11-14-5-1-3-7-17(14)20(24)22(27)28/h1-8,16,20H,9-13H2,(H,23,26)(H,27,28). The second-order valence-corrected chi connectivity index (χ2v) is 7.36. The van der Waals surface area contributed by atoms with Crippen molar-refractivity contribution in [2.75, 3.05) is 11.9 Å². The van der Waals surface area contributed by atoms with Gasteiger partial charge in [0.2, 0.25) is 11.8 Å². The van der Waals surface area contributed by atoms with Gasteiger partial charge in [0.25, 0.3) is 0 Å². The van der Waals surface area contributed by atoms with Crippen molar-refractivity contribution in [3.05, 3.63) is 65.2 Å². The van der Waals surface area contributed by atoms with Gasteiger partial charge in [-0.25, -0.2) is 4.79 Å². The molecule has 2 aliphatic rings. The molecule has 0 radical (unpaired) electrons. The van der Waals surface area contributed by atoms with Crippen molar-refractivity contribution in [1.82, 2.24) is 4.90 Å². The predicted octanol–water partition coefficient (Wildman–Crippen LogP) is 2.79. The van der Waals surface area contributed by atoms with Crippen molar-refractivity contribution >= 4 is 23.5 Å². The first-order valence-electron chi connectivity index (χ1n) is 9.53. The van der Waals surface area contributed by atoms with Crippen LogP contribution >= 0.6 is 0 Å². The van der Waals surface area contributed by atoms with Crippen molar-refractivity contribution in [2.45, 2.75) is 31.7 Å². The Bertz CT molecular complexity index is 940. The number of nitrogens with zero attached hydrogens (tertiary/aromatic N) is 1. The molecule has 28 heavy (non-hydrogen) atoms. The summed E-state index contributed by atoms with van der Waals surface area (Å²) in [6, 6.07) is 14.1. The van der Waals surface area contributed by atoms with Gasteiger partial charge in [-0.1, -0.05) is 42.5 Å². The van der Waals surface area contributed by atoms with Crippen LogP contribution in [0, 0.1) is 5.92 Å². The van der Waals surface area contributed by atoms with Crippen LogP contribution in [0.2, 0.25) is 0 Å². The summed E-state index contributed by atoms with van der Waals surface area (Å²) in [6.07, 6.45) is 1.80. The van der Waals surface area contributed by atoms with Gasteiger partial charge in [0.1, 0.15) is 0 Å². The van der Waals surface area contributed by atoms with E-state index in [2.05, 4.69) is 5.32 Å². The van der Waals surface area contributed by atoms with Crippen LogP contribution in [0.1, 0.15) is 35.6 Å². The number of nitrogens with one attached hydrogen (secondary N) is 1. The van der Waals surface area contributed by atoms with Crippen LogP contribution in [0.25, 0.3) is 0 Å². The third-order valence-electron chi connectivity index (χ3n) is 5.66. The summed E-state index contributed by atoms with van der Waals surface area (Å²) in [5.74, 6) is -1.59.